The SMILES string of the molecule is CON=CC(CNC(=O)OCc1ccccc1)N(C)C(=O)OCc1ccccc1. The molecule has 2 amide bonds. The number of nitrogens with one attached hydrogen (secondary N) is 1. The number of alkyl carbamates (subject to hydrolysis) is 1. The van der Waals surface area contributed by atoms with Crippen LogP contribution in [0.5, 0.6) is 0 Å². The quantitative estimate of drug-likeness (QED) is 0.517. The zero-order valence-corrected chi connectivity index (χ0v) is 16.5. The smallest absolute Gasteiger partial charge is 0.410 e. The third-order valence-electron chi connectivity index (χ3n) is 4.00. The second-order valence-electron chi connectivity index (χ2n) is 6.10. The summed E-state index contributed by atoms with van der Waals surface area (Å²) in [6, 6.07) is 18.1. The van der Waals surface area contributed by atoms with E-state index in [2.05, 4.69) is 10.5 Å². The number of carbonyl (C=O) groups is 2. The first-order valence-electron chi connectivity index (χ1n) is 9.05. The van der Waals surface area contributed by atoms with E-state index >= 15 is 0 Å². The summed E-state index contributed by atoms with van der Waals surface area (Å²) in [4.78, 5) is 30.3. The number of carbonyl (C=O) groups excluding carboxylic acids is 2. The molecule has 0 fully saturated rings. The van der Waals surface area contributed by atoms with Crippen LogP contribution in [-0.2, 0) is 27.5 Å². The Hall–Kier alpha value is -3.55. The topological polar surface area (TPSA) is 89.5 Å². The van der Waals surface area contributed by atoms with Crippen LogP contribution in [0.15, 0.2) is 65.8 Å². The van der Waals surface area contributed by atoms with E-state index in [1.165, 1.54) is 18.2 Å². The fraction of sp³-hybridized carbons (Fsp3) is 0.286. The van der Waals surface area contributed by atoms with Crippen LogP contribution < -0.4 is 5.32 Å². The molecule has 2 aromatic rings. The lowest BCUT2D eigenvalue weighted by atomic mass is 10.2. The number of rotatable bonds is 9. The Kier molecular flexibility index (Phi) is 9.01. The molecule has 0 aromatic heterocycles. The van der Waals surface area contributed by atoms with E-state index in [4.69, 9.17) is 14.3 Å². The van der Waals surface area contributed by atoms with Gasteiger partial charge in [-0.25, -0.2) is 9.59 Å². The Bertz CT molecular complexity index is 783. The number of oxime groups is 1. The lowest BCUT2D eigenvalue weighted by molar-refractivity contribution is 0.0972. The molecule has 0 bridgehead atoms. The summed E-state index contributed by atoms with van der Waals surface area (Å²) >= 11 is 0. The minimum absolute atomic E-state index is 0.0808. The molecule has 29 heavy (non-hydrogen) atoms. The van der Waals surface area contributed by atoms with Gasteiger partial charge in [0.25, 0.3) is 0 Å². The van der Waals surface area contributed by atoms with Gasteiger partial charge in [0.2, 0.25) is 0 Å². The van der Waals surface area contributed by atoms with Gasteiger partial charge in [0.1, 0.15) is 20.3 Å². The molecule has 0 aliphatic rings. The van der Waals surface area contributed by atoms with Crippen LogP contribution in [0, 0.1) is 0 Å². The monoisotopic (exact) mass is 399 g/mol. The van der Waals surface area contributed by atoms with Crippen molar-refractivity contribution in [1.82, 2.24) is 10.2 Å². The first-order valence-corrected chi connectivity index (χ1v) is 9.05. The normalized spacial score (nSPS) is 11.5. The molecular weight excluding hydrogens is 374 g/mol. The lowest BCUT2D eigenvalue weighted by Crippen LogP contribution is -2.46. The maximum atomic E-state index is 12.3. The average molecular weight is 399 g/mol. The summed E-state index contributed by atoms with van der Waals surface area (Å²) in [6.45, 7) is 0.376. The molecule has 0 aliphatic carbocycles. The number of nitrogens with zero attached hydrogens (tertiary/aromatic N) is 2. The molecule has 0 saturated heterocycles. The van der Waals surface area contributed by atoms with Crippen LogP contribution in [0.1, 0.15) is 11.1 Å². The van der Waals surface area contributed by atoms with Crippen molar-refractivity contribution >= 4 is 18.4 Å². The average Bonchev–Trinajstić information content (AvgIpc) is 2.77. The van der Waals surface area contributed by atoms with E-state index in [9.17, 15) is 9.59 Å². The van der Waals surface area contributed by atoms with Gasteiger partial charge < -0.3 is 24.5 Å². The molecule has 154 valence electrons. The first-order chi connectivity index (χ1) is 14.1. The standard InChI is InChI=1S/C21H25N3O5/c1-24(21(26)29-16-18-11-7-4-8-12-18)19(14-23-27-2)13-22-20(25)28-15-17-9-5-3-6-10-17/h3-12,14,19H,13,15-16H2,1-2H3,(H,22,25). The fourth-order valence-electron chi connectivity index (χ4n) is 2.34. The second-order valence-corrected chi connectivity index (χ2v) is 6.10. The van der Waals surface area contributed by atoms with Crippen molar-refractivity contribution in [3.8, 4) is 0 Å². The Morgan fingerprint density at radius 3 is 2.10 bits per heavy atom. The molecule has 8 nitrogen and oxygen atoms in total. The minimum atomic E-state index is -0.601. The molecule has 1 unspecified atom stereocenters. The van der Waals surface area contributed by atoms with Crippen molar-refractivity contribution in [2.75, 3.05) is 20.7 Å². The van der Waals surface area contributed by atoms with E-state index in [1.54, 1.807) is 7.05 Å². The third-order valence-corrected chi connectivity index (χ3v) is 4.00. The number of ether oxygens (including phenoxy) is 2. The van der Waals surface area contributed by atoms with E-state index in [1.807, 2.05) is 60.7 Å². The van der Waals surface area contributed by atoms with Crippen molar-refractivity contribution in [2.24, 2.45) is 5.16 Å². The highest BCUT2D eigenvalue weighted by Crippen LogP contribution is 2.05. The Labute approximate surface area is 170 Å². The Morgan fingerprint density at radius 1 is 1.00 bits per heavy atom. The highest BCUT2D eigenvalue weighted by atomic mass is 16.6. The van der Waals surface area contributed by atoms with E-state index in [-0.39, 0.29) is 19.8 Å². The fourth-order valence-corrected chi connectivity index (χ4v) is 2.34. The van der Waals surface area contributed by atoms with Crippen LogP contribution in [0.3, 0.4) is 0 Å². The van der Waals surface area contributed by atoms with E-state index < -0.39 is 18.2 Å². The molecule has 8 heteroatoms. The largest absolute Gasteiger partial charge is 0.445 e. The number of benzene rings is 2. The van der Waals surface area contributed by atoms with Crippen molar-refractivity contribution in [1.29, 1.82) is 0 Å². The van der Waals surface area contributed by atoms with Crippen LogP contribution in [-0.4, -0.2) is 50.0 Å². The molecule has 0 heterocycles. The van der Waals surface area contributed by atoms with Crippen LogP contribution in [0.2, 0.25) is 0 Å². The van der Waals surface area contributed by atoms with Crippen molar-refractivity contribution in [2.45, 2.75) is 19.3 Å². The molecule has 2 aromatic carbocycles. The van der Waals surface area contributed by atoms with Crippen LogP contribution in [0.25, 0.3) is 0 Å². The number of likely N-dealkylation sites (N-methyl/N-ethyl adjacent to an activating group) is 1. The summed E-state index contributed by atoms with van der Waals surface area (Å²) in [5, 5.41) is 6.31. The highest BCUT2D eigenvalue weighted by Gasteiger charge is 2.21. The molecule has 0 saturated carbocycles. The maximum absolute atomic E-state index is 12.3. The van der Waals surface area contributed by atoms with Gasteiger partial charge in [-0.3, -0.25) is 0 Å². The highest BCUT2D eigenvalue weighted by molar-refractivity contribution is 5.76. The van der Waals surface area contributed by atoms with Crippen molar-refractivity contribution < 1.29 is 23.9 Å². The molecular formula is C21H25N3O5. The van der Waals surface area contributed by atoms with Gasteiger partial charge in [-0.2, -0.15) is 0 Å². The van der Waals surface area contributed by atoms with E-state index in [0.717, 1.165) is 11.1 Å². The number of hydrogen-bond donors (Lipinski definition) is 1. The van der Waals surface area contributed by atoms with Crippen molar-refractivity contribution in [3.05, 3.63) is 71.8 Å². The van der Waals surface area contributed by atoms with Crippen LogP contribution >= 0.6 is 0 Å². The van der Waals surface area contributed by atoms with E-state index in [0.29, 0.717) is 0 Å². The van der Waals surface area contributed by atoms with Gasteiger partial charge in [-0.05, 0) is 11.1 Å². The zero-order valence-electron chi connectivity index (χ0n) is 16.5. The Morgan fingerprint density at radius 2 is 1.55 bits per heavy atom. The van der Waals surface area contributed by atoms with Gasteiger partial charge in [0.15, 0.2) is 0 Å². The molecule has 0 spiro atoms. The minimum Gasteiger partial charge on any atom is -0.445 e. The summed E-state index contributed by atoms with van der Waals surface area (Å²) in [5.74, 6) is 0. The predicted octanol–water partition coefficient (Wildman–Crippen LogP) is 3.18. The molecule has 1 atom stereocenters. The summed E-state index contributed by atoms with van der Waals surface area (Å²) in [5.41, 5.74) is 1.75. The molecule has 1 N–H and O–H groups in total. The molecule has 0 aliphatic heterocycles. The van der Waals surface area contributed by atoms with Gasteiger partial charge in [-0.15, -0.1) is 0 Å². The van der Waals surface area contributed by atoms with Crippen molar-refractivity contribution in [3.63, 3.8) is 0 Å². The number of amides is 2. The second kappa shape index (κ2) is 12.0. The van der Waals surface area contributed by atoms with Gasteiger partial charge in [0, 0.05) is 13.6 Å². The van der Waals surface area contributed by atoms with Gasteiger partial charge >= 0.3 is 12.2 Å². The summed E-state index contributed by atoms with van der Waals surface area (Å²) in [6.07, 6.45) is 0.248. The predicted molar refractivity (Wildman–Crippen MR) is 108 cm³/mol. The zero-order chi connectivity index (χ0) is 20.9. The lowest BCUT2D eigenvalue weighted by Gasteiger charge is -2.24. The summed E-state index contributed by atoms with van der Waals surface area (Å²) in [7, 11) is 2.94. The summed E-state index contributed by atoms with van der Waals surface area (Å²) < 4.78 is 10.5. The van der Waals surface area contributed by atoms with Crippen LogP contribution in [0.4, 0.5) is 9.59 Å². The number of hydrogen-bond acceptors (Lipinski definition) is 6. The Balaban J connectivity index is 1.84. The van der Waals surface area contributed by atoms with Gasteiger partial charge in [0.05, 0.1) is 12.3 Å². The maximum Gasteiger partial charge on any atom is 0.410 e. The molecule has 2 rings (SSSR count). The van der Waals surface area contributed by atoms with Gasteiger partial charge in [-0.1, -0.05) is 65.8 Å². The molecule has 0 radical (unpaired) electrons. The first kappa shape index (κ1) is 21.7. The third kappa shape index (κ3) is 7.92.